The van der Waals surface area contributed by atoms with E-state index in [0.717, 1.165) is 19.1 Å². The summed E-state index contributed by atoms with van der Waals surface area (Å²) >= 11 is 0. The fourth-order valence-corrected chi connectivity index (χ4v) is 2.39. The van der Waals surface area contributed by atoms with Gasteiger partial charge in [0.1, 0.15) is 11.9 Å². The average Bonchev–Trinajstić information content (AvgIpc) is 2.52. The fraction of sp³-hybridized carbons (Fsp3) is 0.588. The summed E-state index contributed by atoms with van der Waals surface area (Å²) in [6.45, 7) is 7.48. The summed E-state index contributed by atoms with van der Waals surface area (Å²) in [5.74, 6) is 0.833. The summed E-state index contributed by atoms with van der Waals surface area (Å²) in [5.41, 5.74) is 0.0847. The van der Waals surface area contributed by atoms with Gasteiger partial charge in [-0.15, -0.1) is 0 Å². The Labute approximate surface area is 136 Å². The number of carbonyl (C=O) groups excluding carboxylic acids is 2. The number of hydrogen-bond donors (Lipinski definition) is 0. The van der Waals surface area contributed by atoms with E-state index < -0.39 is 5.60 Å². The molecule has 0 spiro atoms. The first-order valence-electron chi connectivity index (χ1n) is 7.89. The minimum Gasteiger partial charge on any atom is -0.477 e. The van der Waals surface area contributed by atoms with Crippen LogP contribution in [0.5, 0.6) is 5.88 Å². The Morgan fingerprint density at radius 2 is 2.09 bits per heavy atom. The first-order valence-corrected chi connectivity index (χ1v) is 7.89. The average molecular weight is 320 g/mol. The van der Waals surface area contributed by atoms with Crippen LogP contribution in [-0.4, -0.2) is 47.6 Å². The van der Waals surface area contributed by atoms with Crippen LogP contribution in [0.3, 0.4) is 0 Å². The van der Waals surface area contributed by atoms with Crippen LogP contribution in [0.15, 0.2) is 18.3 Å². The Balaban J connectivity index is 1.76. The zero-order chi connectivity index (χ0) is 16.9. The van der Waals surface area contributed by atoms with E-state index in [-0.39, 0.29) is 6.09 Å². The summed E-state index contributed by atoms with van der Waals surface area (Å²) < 4.78 is 11.0. The number of rotatable bonds is 4. The lowest BCUT2D eigenvalue weighted by Crippen LogP contribution is -2.42. The first kappa shape index (κ1) is 17.2. The lowest BCUT2D eigenvalue weighted by atomic mass is 9.98. The number of aldehydes is 1. The predicted molar refractivity (Wildman–Crippen MR) is 85.7 cm³/mol. The van der Waals surface area contributed by atoms with E-state index >= 15 is 0 Å². The maximum Gasteiger partial charge on any atom is 0.410 e. The number of hydrogen-bond acceptors (Lipinski definition) is 5. The fourth-order valence-electron chi connectivity index (χ4n) is 2.39. The van der Waals surface area contributed by atoms with Crippen molar-refractivity contribution in [3.8, 4) is 5.88 Å². The number of piperidine rings is 1. The quantitative estimate of drug-likeness (QED) is 0.798. The van der Waals surface area contributed by atoms with Gasteiger partial charge in [0.05, 0.1) is 6.61 Å². The van der Waals surface area contributed by atoms with Crippen molar-refractivity contribution in [3.63, 3.8) is 0 Å². The molecule has 0 N–H and O–H groups in total. The summed E-state index contributed by atoms with van der Waals surface area (Å²) in [7, 11) is 0. The Morgan fingerprint density at radius 3 is 2.70 bits per heavy atom. The van der Waals surface area contributed by atoms with Crippen LogP contribution in [0.25, 0.3) is 0 Å². The molecule has 0 bridgehead atoms. The van der Waals surface area contributed by atoms with Gasteiger partial charge in [-0.25, -0.2) is 9.78 Å². The molecule has 0 aliphatic carbocycles. The van der Waals surface area contributed by atoms with E-state index in [0.29, 0.717) is 37.1 Å². The van der Waals surface area contributed by atoms with Crippen LogP contribution >= 0.6 is 0 Å². The number of likely N-dealkylation sites (tertiary alicyclic amines) is 1. The highest BCUT2D eigenvalue weighted by Gasteiger charge is 2.27. The molecule has 23 heavy (non-hydrogen) atoms. The maximum atomic E-state index is 12.0. The number of ether oxygens (including phenoxy) is 2. The SMILES string of the molecule is CC(C)(C)OC(=O)N1CCC(COc2cc(C=O)ccn2)CC1. The van der Waals surface area contributed by atoms with Crippen LogP contribution in [0.4, 0.5) is 4.79 Å². The molecule has 0 radical (unpaired) electrons. The van der Waals surface area contributed by atoms with Crippen molar-refractivity contribution in [2.75, 3.05) is 19.7 Å². The predicted octanol–water partition coefficient (Wildman–Crippen LogP) is 2.92. The molecule has 1 aliphatic heterocycles. The molecular weight excluding hydrogens is 296 g/mol. The number of nitrogens with zero attached hydrogens (tertiary/aromatic N) is 2. The third-order valence-corrected chi connectivity index (χ3v) is 3.63. The molecule has 2 rings (SSSR count). The molecule has 126 valence electrons. The Morgan fingerprint density at radius 1 is 1.39 bits per heavy atom. The molecule has 2 heterocycles. The van der Waals surface area contributed by atoms with Gasteiger partial charge in [-0.05, 0) is 45.6 Å². The second kappa shape index (κ2) is 7.44. The van der Waals surface area contributed by atoms with E-state index in [1.165, 1.54) is 0 Å². The zero-order valence-corrected chi connectivity index (χ0v) is 13.9. The van der Waals surface area contributed by atoms with Crippen molar-refractivity contribution in [2.45, 2.75) is 39.2 Å². The van der Waals surface area contributed by atoms with E-state index in [1.807, 2.05) is 20.8 Å². The lowest BCUT2D eigenvalue weighted by Gasteiger charge is -2.33. The smallest absolute Gasteiger partial charge is 0.410 e. The number of pyridine rings is 1. The van der Waals surface area contributed by atoms with E-state index in [1.54, 1.807) is 23.2 Å². The molecule has 0 unspecified atom stereocenters. The van der Waals surface area contributed by atoms with Crippen molar-refractivity contribution in [3.05, 3.63) is 23.9 Å². The molecule has 1 aromatic rings. The van der Waals surface area contributed by atoms with Gasteiger partial charge in [0, 0.05) is 30.9 Å². The summed E-state index contributed by atoms with van der Waals surface area (Å²) in [6.07, 6.45) is 3.81. The number of amides is 1. The second-order valence-electron chi connectivity index (χ2n) is 6.77. The molecule has 1 saturated heterocycles. The number of aromatic nitrogens is 1. The third kappa shape index (κ3) is 5.54. The Kier molecular flexibility index (Phi) is 5.58. The standard InChI is InChI=1S/C17H24N2O4/c1-17(2,3)23-16(21)19-8-5-13(6-9-19)12-22-15-10-14(11-20)4-7-18-15/h4,7,10-11,13H,5-6,8-9,12H2,1-3H3. The van der Waals surface area contributed by atoms with Crippen LogP contribution in [-0.2, 0) is 4.74 Å². The Hall–Kier alpha value is -2.11. The van der Waals surface area contributed by atoms with Gasteiger partial charge in [0.25, 0.3) is 0 Å². The largest absolute Gasteiger partial charge is 0.477 e. The molecule has 0 atom stereocenters. The van der Waals surface area contributed by atoms with Crippen molar-refractivity contribution in [1.82, 2.24) is 9.88 Å². The molecule has 1 fully saturated rings. The monoisotopic (exact) mass is 320 g/mol. The van der Waals surface area contributed by atoms with E-state index in [4.69, 9.17) is 9.47 Å². The third-order valence-electron chi connectivity index (χ3n) is 3.63. The van der Waals surface area contributed by atoms with Crippen LogP contribution < -0.4 is 4.74 Å². The van der Waals surface area contributed by atoms with Crippen LogP contribution in [0.1, 0.15) is 44.0 Å². The van der Waals surface area contributed by atoms with Gasteiger partial charge >= 0.3 is 6.09 Å². The van der Waals surface area contributed by atoms with Gasteiger partial charge in [0.2, 0.25) is 5.88 Å². The summed E-state index contributed by atoms with van der Waals surface area (Å²) in [6, 6.07) is 3.27. The van der Waals surface area contributed by atoms with Crippen molar-refractivity contribution < 1.29 is 19.1 Å². The van der Waals surface area contributed by atoms with Gasteiger partial charge < -0.3 is 14.4 Å². The topological polar surface area (TPSA) is 68.7 Å². The van der Waals surface area contributed by atoms with E-state index in [2.05, 4.69) is 4.98 Å². The van der Waals surface area contributed by atoms with Gasteiger partial charge in [0.15, 0.2) is 0 Å². The molecule has 1 amide bonds. The Bertz CT molecular complexity index is 546. The van der Waals surface area contributed by atoms with Crippen molar-refractivity contribution in [2.24, 2.45) is 5.92 Å². The molecule has 6 heteroatoms. The second-order valence-corrected chi connectivity index (χ2v) is 6.77. The van der Waals surface area contributed by atoms with Gasteiger partial charge in [-0.1, -0.05) is 0 Å². The first-order chi connectivity index (χ1) is 10.9. The van der Waals surface area contributed by atoms with Crippen LogP contribution in [0.2, 0.25) is 0 Å². The summed E-state index contributed by atoms with van der Waals surface area (Å²) in [5, 5.41) is 0. The highest BCUT2D eigenvalue weighted by atomic mass is 16.6. The van der Waals surface area contributed by atoms with Crippen molar-refractivity contribution in [1.29, 1.82) is 0 Å². The molecule has 1 aliphatic rings. The zero-order valence-electron chi connectivity index (χ0n) is 13.9. The molecule has 0 saturated carbocycles. The minimum absolute atomic E-state index is 0.253. The maximum absolute atomic E-state index is 12.0. The highest BCUT2D eigenvalue weighted by molar-refractivity contribution is 5.74. The van der Waals surface area contributed by atoms with E-state index in [9.17, 15) is 9.59 Å². The van der Waals surface area contributed by atoms with Crippen molar-refractivity contribution >= 4 is 12.4 Å². The van der Waals surface area contributed by atoms with Gasteiger partial charge in [-0.3, -0.25) is 4.79 Å². The lowest BCUT2D eigenvalue weighted by molar-refractivity contribution is 0.0164. The summed E-state index contributed by atoms with van der Waals surface area (Å²) in [4.78, 5) is 28.6. The van der Waals surface area contributed by atoms with Crippen LogP contribution in [0, 0.1) is 5.92 Å². The molecule has 6 nitrogen and oxygen atoms in total. The highest BCUT2D eigenvalue weighted by Crippen LogP contribution is 2.20. The molecule has 1 aromatic heterocycles. The molecule has 0 aromatic carbocycles. The number of carbonyl (C=O) groups is 2. The minimum atomic E-state index is -0.466. The normalized spacial score (nSPS) is 16.0. The molecular formula is C17H24N2O4. The van der Waals surface area contributed by atoms with Gasteiger partial charge in [-0.2, -0.15) is 0 Å².